The third-order valence-corrected chi connectivity index (χ3v) is 7.44. The fraction of sp³-hybridized carbons (Fsp3) is 0.286. The first-order valence-corrected chi connectivity index (χ1v) is 14.0. The van der Waals surface area contributed by atoms with Gasteiger partial charge >= 0.3 is 0 Å². The first kappa shape index (κ1) is 27.2. The molecule has 3 aromatic rings. The number of benzene rings is 3. The largest absolute Gasteiger partial charge is 0.484 e. The van der Waals surface area contributed by atoms with E-state index < -0.39 is 16.1 Å². The van der Waals surface area contributed by atoms with Gasteiger partial charge in [0.1, 0.15) is 11.5 Å². The number of ether oxygens (including phenoxy) is 2. The van der Waals surface area contributed by atoms with Gasteiger partial charge in [-0.2, -0.15) is 0 Å². The average molecular weight is 538 g/mol. The smallest absolute Gasteiger partial charge is 0.265 e. The third-order valence-electron chi connectivity index (χ3n) is 5.96. The maximum atomic E-state index is 13.2. The molecule has 0 aromatic heterocycles. The van der Waals surface area contributed by atoms with E-state index in [9.17, 15) is 18.0 Å². The maximum Gasteiger partial charge on any atom is 0.265 e. The molecule has 0 bridgehead atoms. The van der Waals surface area contributed by atoms with E-state index in [0.717, 1.165) is 5.56 Å². The van der Waals surface area contributed by atoms with Gasteiger partial charge in [0.25, 0.3) is 11.8 Å². The van der Waals surface area contributed by atoms with Crippen LogP contribution in [0.15, 0.2) is 83.8 Å². The van der Waals surface area contributed by atoms with Crippen LogP contribution in [-0.4, -0.2) is 52.6 Å². The molecule has 0 saturated carbocycles. The first-order valence-electron chi connectivity index (χ1n) is 12.5. The van der Waals surface area contributed by atoms with E-state index >= 15 is 0 Å². The predicted octanol–water partition coefficient (Wildman–Crippen LogP) is 2.91. The summed E-state index contributed by atoms with van der Waals surface area (Å²) in [6, 6.07) is 22.7. The number of carbonyl (C=O) groups is 2. The molecule has 0 unspecified atom stereocenters. The van der Waals surface area contributed by atoms with Gasteiger partial charge in [-0.05, 0) is 54.8 Å². The van der Waals surface area contributed by atoms with E-state index in [0.29, 0.717) is 43.1 Å². The van der Waals surface area contributed by atoms with Gasteiger partial charge in [-0.15, -0.1) is 0 Å². The molecule has 9 nitrogen and oxygen atoms in total. The maximum absolute atomic E-state index is 13.2. The number of amides is 2. The molecule has 38 heavy (non-hydrogen) atoms. The Morgan fingerprint density at radius 1 is 0.974 bits per heavy atom. The lowest BCUT2D eigenvalue weighted by molar-refractivity contribution is -0.128. The van der Waals surface area contributed by atoms with Gasteiger partial charge in [0.15, 0.2) is 12.7 Å². The van der Waals surface area contributed by atoms with Crippen LogP contribution in [0.4, 0.5) is 5.69 Å². The Morgan fingerprint density at radius 2 is 1.68 bits per heavy atom. The number of fused-ring (bicyclic) bond motifs is 1. The van der Waals surface area contributed by atoms with Crippen molar-refractivity contribution in [2.75, 3.05) is 31.1 Å². The number of hydrogen-bond donors (Lipinski definition) is 2. The Bertz CT molecular complexity index is 1350. The van der Waals surface area contributed by atoms with Crippen LogP contribution in [0.2, 0.25) is 0 Å². The normalized spacial score (nSPS) is 14.8. The minimum Gasteiger partial charge on any atom is -0.484 e. The predicted molar refractivity (Wildman–Crippen MR) is 144 cm³/mol. The highest BCUT2D eigenvalue weighted by molar-refractivity contribution is 7.89. The van der Waals surface area contributed by atoms with Crippen LogP contribution >= 0.6 is 0 Å². The van der Waals surface area contributed by atoms with Crippen LogP contribution in [0, 0.1) is 0 Å². The third kappa shape index (κ3) is 6.90. The van der Waals surface area contributed by atoms with Crippen molar-refractivity contribution in [2.24, 2.45) is 0 Å². The van der Waals surface area contributed by atoms with Crippen molar-refractivity contribution in [3.63, 3.8) is 0 Å². The zero-order valence-corrected chi connectivity index (χ0v) is 21.9. The van der Waals surface area contributed by atoms with Crippen LogP contribution in [0.25, 0.3) is 0 Å². The summed E-state index contributed by atoms with van der Waals surface area (Å²) in [6.07, 6.45) is 0.495. The standard InChI is InChI=1S/C28H31N3O6S/c1-2-17-30-38(34,35)23-14-12-22(13-15-23)36-20-27(32)31-19-26(37-25-11-7-6-10-24(25)31)28(33)29-18-16-21-8-4-3-5-9-21/h3-15,26,30H,2,16-20H2,1H3,(H,29,33)/t26-/m1/s1. The van der Waals surface area contributed by atoms with E-state index in [1.54, 1.807) is 24.3 Å². The highest BCUT2D eigenvalue weighted by Gasteiger charge is 2.33. The summed E-state index contributed by atoms with van der Waals surface area (Å²) in [6.45, 7) is 2.42. The molecule has 1 atom stereocenters. The monoisotopic (exact) mass is 537 g/mol. The van der Waals surface area contributed by atoms with Crippen LogP contribution in [0.5, 0.6) is 11.5 Å². The van der Waals surface area contributed by atoms with Crippen molar-refractivity contribution < 1.29 is 27.5 Å². The molecule has 0 spiro atoms. The highest BCUT2D eigenvalue weighted by atomic mass is 32.2. The molecular formula is C28H31N3O6S. The molecule has 3 aromatic carbocycles. The Labute approximate surface area is 222 Å². The van der Waals surface area contributed by atoms with Gasteiger partial charge in [-0.3, -0.25) is 9.59 Å². The van der Waals surface area contributed by atoms with E-state index in [1.165, 1.54) is 29.2 Å². The summed E-state index contributed by atoms with van der Waals surface area (Å²) in [4.78, 5) is 27.6. The Hall–Kier alpha value is -3.89. The number of nitrogens with zero attached hydrogens (tertiary/aromatic N) is 1. The van der Waals surface area contributed by atoms with E-state index in [2.05, 4.69) is 10.0 Å². The molecule has 0 aliphatic carbocycles. The Morgan fingerprint density at radius 3 is 2.42 bits per heavy atom. The summed E-state index contributed by atoms with van der Waals surface area (Å²) in [5.74, 6) is 0.126. The van der Waals surface area contributed by atoms with Gasteiger partial charge in [0, 0.05) is 13.1 Å². The molecule has 4 rings (SSSR count). The number of para-hydroxylation sites is 2. The van der Waals surface area contributed by atoms with Gasteiger partial charge in [-0.1, -0.05) is 49.4 Å². The van der Waals surface area contributed by atoms with Crippen molar-refractivity contribution in [3.05, 3.63) is 84.4 Å². The minimum absolute atomic E-state index is 0.0383. The lowest BCUT2D eigenvalue weighted by Crippen LogP contribution is -2.52. The number of hydrogen-bond acceptors (Lipinski definition) is 6. The zero-order chi connectivity index (χ0) is 27.0. The average Bonchev–Trinajstić information content (AvgIpc) is 2.95. The fourth-order valence-corrected chi connectivity index (χ4v) is 5.09. The molecule has 2 N–H and O–H groups in total. The number of sulfonamides is 1. The van der Waals surface area contributed by atoms with Gasteiger partial charge in [0.05, 0.1) is 17.1 Å². The molecule has 10 heteroatoms. The summed E-state index contributed by atoms with van der Waals surface area (Å²) < 4.78 is 38.6. The number of anilines is 1. The SMILES string of the molecule is CCCNS(=O)(=O)c1ccc(OCC(=O)N2C[C@H](C(=O)NCCc3ccccc3)Oc3ccccc32)cc1. The van der Waals surface area contributed by atoms with Crippen molar-refractivity contribution in [2.45, 2.75) is 30.8 Å². The molecule has 2 amide bonds. The first-order chi connectivity index (χ1) is 18.4. The second-order valence-corrected chi connectivity index (χ2v) is 10.5. The van der Waals surface area contributed by atoms with Gasteiger partial charge in [0.2, 0.25) is 10.0 Å². The van der Waals surface area contributed by atoms with Crippen LogP contribution in [0.1, 0.15) is 18.9 Å². The Balaban J connectivity index is 1.37. The minimum atomic E-state index is -3.59. The van der Waals surface area contributed by atoms with Crippen molar-refractivity contribution in [3.8, 4) is 11.5 Å². The lowest BCUT2D eigenvalue weighted by Gasteiger charge is -2.34. The second kappa shape index (κ2) is 12.6. The zero-order valence-electron chi connectivity index (χ0n) is 21.1. The summed E-state index contributed by atoms with van der Waals surface area (Å²) in [7, 11) is -3.59. The van der Waals surface area contributed by atoms with Crippen molar-refractivity contribution >= 4 is 27.5 Å². The van der Waals surface area contributed by atoms with E-state index in [4.69, 9.17) is 9.47 Å². The number of carbonyl (C=O) groups excluding carboxylic acids is 2. The summed E-state index contributed by atoms with van der Waals surface area (Å²) in [5, 5.41) is 2.89. The summed E-state index contributed by atoms with van der Waals surface area (Å²) in [5.41, 5.74) is 1.66. The molecule has 200 valence electrons. The van der Waals surface area contributed by atoms with Crippen molar-refractivity contribution in [1.29, 1.82) is 0 Å². The van der Waals surface area contributed by atoms with E-state index in [1.807, 2.05) is 37.3 Å². The number of rotatable bonds is 11. The molecule has 0 radical (unpaired) electrons. The molecule has 1 heterocycles. The van der Waals surface area contributed by atoms with Gasteiger partial charge < -0.3 is 19.7 Å². The molecular weight excluding hydrogens is 506 g/mol. The quantitative estimate of drug-likeness (QED) is 0.389. The van der Waals surface area contributed by atoms with Crippen LogP contribution < -0.4 is 24.4 Å². The molecule has 1 aliphatic rings. The highest BCUT2D eigenvalue weighted by Crippen LogP contribution is 2.33. The topological polar surface area (TPSA) is 114 Å². The summed E-state index contributed by atoms with van der Waals surface area (Å²) >= 11 is 0. The number of nitrogens with one attached hydrogen (secondary N) is 2. The fourth-order valence-electron chi connectivity index (χ4n) is 3.95. The van der Waals surface area contributed by atoms with Crippen LogP contribution in [-0.2, 0) is 26.0 Å². The van der Waals surface area contributed by atoms with E-state index in [-0.39, 0.29) is 29.9 Å². The second-order valence-electron chi connectivity index (χ2n) is 8.76. The molecule has 0 saturated heterocycles. The Kier molecular flexibility index (Phi) is 8.98. The van der Waals surface area contributed by atoms with Gasteiger partial charge in [-0.25, -0.2) is 13.1 Å². The lowest BCUT2D eigenvalue weighted by atomic mass is 10.1. The van der Waals surface area contributed by atoms with Crippen LogP contribution in [0.3, 0.4) is 0 Å². The molecule has 0 fully saturated rings. The molecule has 1 aliphatic heterocycles. The van der Waals surface area contributed by atoms with Crippen molar-refractivity contribution in [1.82, 2.24) is 10.0 Å².